The molecule has 2 aromatic rings. The van der Waals surface area contributed by atoms with Gasteiger partial charge in [-0.3, -0.25) is 10.8 Å². The predicted molar refractivity (Wildman–Crippen MR) is 64.8 cm³/mol. The minimum Gasteiger partial charge on any atom is -0.466 e. The van der Waals surface area contributed by atoms with Gasteiger partial charge in [-0.2, -0.15) is 0 Å². The van der Waals surface area contributed by atoms with E-state index in [1.54, 1.807) is 30.7 Å². The maximum absolute atomic E-state index is 6.05. The maximum atomic E-state index is 6.05. The lowest BCUT2D eigenvalue weighted by Gasteiger charge is -2.14. The summed E-state index contributed by atoms with van der Waals surface area (Å²) in [5.41, 5.74) is 3.26. The molecule has 4 nitrogen and oxygen atoms in total. The Labute approximate surface area is 106 Å². The van der Waals surface area contributed by atoms with Gasteiger partial charge in [0.15, 0.2) is 0 Å². The van der Waals surface area contributed by atoms with Gasteiger partial charge in [0.05, 0.1) is 21.5 Å². The van der Waals surface area contributed by atoms with Crippen LogP contribution < -0.4 is 11.3 Å². The van der Waals surface area contributed by atoms with Crippen LogP contribution in [0, 0.1) is 0 Å². The molecule has 0 saturated heterocycles. The van der Waals surface area contributed by atoms with Crippen molar-refractivity contribution < 1.29 is 4.42 Å². The number of pyridine rings is 1. The Balaban J connectivity index is 2.45. The molecule has 0 bridgehead atoms. The Kier molecular flexibility index (Phi) is 3.60. The fourth-order valence-corrected chi connectivity index (χ4v) is 2.06. The van der Waals surface area contributed by atoms with Gasteiger partial charge in [-0.15, -0.1) is 0 Å². The van der Waals surface area contributed by atoms with Gasteiger partial charge in [-0.05, 0) is 34.1 Å². The molecule has 0 spiro atoms. The molecule has 0 aliphatic heterocycles. The normalized spacial score (nSPS) is 12.7. The van der Waals surface area contributed by atoms with Crippen LogP contribution >= 0.6 is 27.5 Å². The lowest BCUT2D eigenvalue weighted by Crippen LogP contribution is -2.29. The van der Waals surface area contributed by atoms with Gasteiger partial charge < -0.3 is 4.42 Å². The summed E-state index contributed by atoms with van der Waals surface area (Å²) < 4.78 is 6.16. The number of nitrogens with one attached hydrogen (secondary N) is 1. The molecule has 2 heterocycles. The summed E-state index contributed by atoms with van der Waals surface area (Å²) in [5, 5.41) is 0.536. The molecular weight excluding hydrogens is 293 g/mol. The highest BCUT2D eigenvalue weighted by Crippen LogP contribution is 2.31. The van der Waals surface area contributed by atoms with E-state index in [-0.39, 0.29) is 6.04 Å². The van der Waals surface area contributed by atoms with E-state index in [0.29, 0.717) is 16.5 Å². The van der Waals surface area contributed by atoms with E-state index < -0.39 is 0 Å². The van der Waals surface area contributed by atoms with Crippen molar-refractivity contribution in [1.29, 1.82) is 0 Å². The zero-order valence-corrected chi connectivity index (χ0v) is 10.5. The quantitative estimate of drug-likeness (QED) is 0.676. The van der Waals surface area contributed by atoms with Gasteiger partial charge in [0.1, 0.15) is 11.8 Å². The summed E-state index contributed by atoms with van der Waals surface area (Å²) in [6.07, 6.45) is 3.23. The third-order valence-corrected chi connectivity index (χ3v) is 3.11. The molecule has 0 aromatic carbocycles. The zero-order valence-electron chi connectivity index (χ0n) is 8.15. The minimum absolute atomic E-state index is 0.377. The van der Waals surface area contributed by atoms with E-state index in [0.717, 1.165) is 4.47 Å². The molecule has 3 N–H and O–H groups in total. The van der Waals surface area contributed by atoms with Crippen LogP contribution in [0.1, 0.15) is 17.5 Å². The molecule has 0 saturated carbocycles. The number of halogens is 2. The molecule has 0 aliphatic rings. The van der Waals surface area contributed by atoms with Crippen LogP contribution in [0.5, 0.6) is 0 Å². The highest BCUT2D eigenvalue weighted by Gasteiger charge is 2.22. The van der Waals surface area contributed by atoms with Crippen LogP contribution in [0.25, 0.3) is 0 Å². The number of aromatic nitrogens is 1. The van der Waals surface area contributed by atoms with E-state index >= 15 is 0 Å². The Morgan fingerprint density at radius 2 is 2.31 bits per heavy atom. The molecule has 6 heteroatoms. The van der Waals surface area contributed by atoms with Crippen molar-refractivity contribution in [2.45, 2.75) is 6.04 Å². The van der Waals surface area contributed by atoms with Gasteiger partial charge in [0.25, 0.3) is 0 Å². The molecule has 16 heavy (non-hydrogen) atoms. The smallest absolute Gasteiger partial charge is 0.142 e. The fraction of sp³-hybridized carbons (Fsp3) is 0.100. The number of hydrazine groups is 1. The summed E-state index contributed by atoms with van der Waals surface area (Å²) in [7, 11) is 0. The third kappa shape index (κ3) is 2.12. The van der Waals surface area contributed by atoms with Crippen molar-refractivity contribution in [3.05, 3.63) is 51.6 Å². The highest BCUT2D eigenvalue weighted by atomic mass is 79.9. The predicted octanol–water partition coefficient (Wildman–Crippen LogP) is 2.64. The van der Waals surface area contributed by atoms with Crippen molar-refractivity contribution in [3.63, 3.8) is 0 Å². The van der Waals surface area contributed by atoms with Gasteiger partial charge in [0, 0.05) is 6.20 Å². The highest BCUT2D eigenvalue weighted by molar-refractivity contribution is 9.10. The topological polar surface area (TPSA) is 64.1 Å². The van der Waals surface area contributed by atoms with Crippen LogP contribution in [0.3, 0.4) is 0 Å². The van der Waals surface area contributed by atoms with Gasteiger partial charge in [0.2, 0.25) is 0 Å². The summed E-state index contributed by atoms with van der Waals surface area (Å²) in [5.74, 6) is 6.15. The van der Waals surface area contributed by atoms with E-state index in [1.807, 2.05) is 0 Å². The molecule has 0 fully saturated rings. The molecule has 1 unspecified atom stereocenters. The Morgan fingerprint density at radius 1 is 1.50 bits per heavy atom. The molecule has 84 valence electrons. The first-order valence-electron chi connectivity index (χ1n) is 4.53. The van der Waals surface area contributed by atoms with Crippen molar-refractivity contribution in [3.8, 4) is 0 Å². The first-order valence-corrected chi connectivity index (χ1v) is 5.70. The fourth-order valence-electron chi connectivity index (χ4n) is 1.40. The van der Waals surface area contributed by atoms with E-state index in [9.17, 15) is 0 Å². The Morgan fingerprint density at radius 3 is 2.88 bits per heavy atom. The van der Waals surface area contributed by atoms with Crippen molar-refractivity contribution in [1.82, 2.24) is 10.4 Å². The number of rotatable bonds is 3. The standard InChI is InChI=1S/C10H9BrClN3O/c11-6-3-5-16-10(6)9(15-13)8-7(12)2-1-4-14-8/h1-5,9,15H,13H2. The van der Waals surface area contributed by atoms with Gasteiger partial charge in [-0.1, -0.05) is 11.6 Å². The monoisotopic (exact) mass is 301 g/mol. The molecule has 2 aromatic heterocycles. The van der Waals surface area contributed by atoms with Crippen LogP contribution in [-0.2, 0) is 0 Å². The lowest BCUT2D eigenvalue weighted by atomic mass is 10.1. The number of furan rings is 1. The summed E-state index contributed by atoms with van der Waals surface area (Å²) in [4.78, 5) is 4.19. The van der Waals surface area contributed by atoms with Crippen molar-refractivity contribution >= 4 is 27.5 Å². The van der Waals surface area contributed by atoms with Crippen LogP contribution in [0.2, 0.25) is 5.02 Å². The van der Waals surface area contributed by atoms with Crippen molar-refractivity contribution in [2.75, 3.05) is 0 Å². The van der Waals surface area contributed by atoms with Gasteiger partial charge in [-0.25, -0.2) is 5.43 Å². The number of nitrogens with zero attached hydrogens (tertiary/aromatic N) is 1. The van der Waals surface area contributed by atoms with Crippen LogP contribution in [0.15, 0.2) is 39.5 Å². The average Bonchev–Trinajstić information content (AvgIpc) is 2.69. The largest absolute Gasteiger partial charge is 0.466 e. The first kappa shape index (κ1) is 11.6. The average molecular weight is 303 g/mol. The molecule has 0 radical (unpaired) electrons. The van der Waals surface area contributed by atoms with E-state index in [4.69, 9.17) is 21.9 Å². The van der Waals surface area contributed by atoms with Crippen LogP contribution in [0.4, 0.5) is 0 Å². The van der Waals surface area contributed by atoms with E-state index in [2.05, 4.69) is 26.3 Å². The molecular formula is C10H9BrClN3O. The first-order chi connectivity index (χ1) is 7.74. The number of nitrogens with two attached hydrogens (primary N) is 1. The molecule has 2 rings (SSSR count). The molecule has 0 aliphatic carbocycles. The molecule has 1 atom stereocenters. The zero-order chi connectivity index (χ0) is 11.5. The number of hydrogen-bond acceptors (Lipinski definition) is 4. The minimum atomic E-state index is -0.377. The lowest BCUT2D eigenvalue weighted by molar-refractivity contribution is 0.445. The van der Waals surface area contributed by atoms with Crippen LogP contribution in [-0.4, -0.2) is 4.98 Å². The second kappa shape index (κ2) is 4.97. The van der Waals surface area contributed by atoms with Crippen molar-refractivity contribution in [2.24, 2.45) is 5.84 Å². The summed E-state index contributed by atoms with van der Waals surface area (Å²) in [6, 6.07) is 4.93. The maximum Gasteiger partial charge on any atom is 0.142 e. The molecule has 0 amide bonds. The van der Waals surface area contributed by atoms with Gasteiger partial charge >= 0.3 is 0 Å². The Bertz CT molecular complexity index is 488. The Hall–Kier alpha value is -0.880. The second-order valence-electron chi connectivity index (χ2n) is 3.10. The number of hydrogen-bond donors (Lipinski definition) is 2. The summed E-state index contributed by atoms with van der Waals surface area (Å²) in [6.45, 7) is 0. The van der Waals surface area contributed by atoms with E-state index in [1.165, 1.54) is 0 Å². The second-order valence-corrected chi connectivity index (χ2v) is 4.36. The SMILES string of the molecule is NNC(c1ncccc1Cl)c1occc1Br. The third-order valence-electron chi connectivity index (χ3n) is 2.13. The summed E-state index contributed by atoms with van der Waals surface area (Å²) >= 11 is 9.42.